The smallest absolute Gasteiger partial charge is 0.205 e. The summed E-state index contributed by atoms with van der Waals surface area (Å²) in [6, 6.07) is 0. The molecule has 6 heteroatoms. The van der Waals surface area contributed by atoms with Crippen LogP contribution in [-0.2, 0) is 11.3 Å². The first kappa shape index (κ1) is 13.7. The zero-order chi connectivity index (χ0) is 13.0. The molecule has 0 saturated carbocycles. The van der Waals surface area contributed by atoms with E-state index in [-0.39, 0.29) is 0 Å². The summed E-state index contributed by atoms with van der Waals surface area (Å²) in [4.78, 5) is 2.39. The molecule has 0 aliphatic carbocycles. The number of aromatic nitrogens is 2. The second kappa shape index (κ2) is 6.45. The van der Waals surface area contributed by atoms with E-state index in [1.165, 1.54) is 0 Å². The Hall–Kier alpha value is -0.720. The molecule has 1 aromatic heterocycles. The van der Waals surface area contributed by atoms with E-state index in [9.17, 15) is 0 Å². The van der Waals surface area contributed by atoms with Gasteiger partial charge in [-0.2, -0.15) is 0 Å². The minimum absolute atomic E-state index is 0.305. The van der Waals surface area contributed by atoms with Gasteiger partial charge in [-0.1, -0.05) is 18.3 Å². The van der Waals surface area contributed by atoms with Crippen molar-refractivity contribution in [3.05, 3.63) is 5.01 Å². The van der Waals surface area contributed by atoms with Crippen LogP contribution >= 0.6 is 11.3 Å². The van der Waals surface area contributed by atoms with Gasteiger partial charge in [-0.3, -0.25) is 4.90 Å². The van der Waals surface area contributed by atoms with Crippen molar-refractivity contribution in [3.63, 3.8) is 0 Å². The van der Waals surface area contributed by atoms with E-state index in [1.807, 2.05) is 0 Å². The first-order valence-corrected chi connectivity index (χ1v) is 7.43. The van der Waals surface area contributed by atoms with Gasteiger partial charge in [-0.25, -0.2) is 0 Å². The van der Waals surface area contributed by atoms with Gasteiger partial charge in [0.1, 0.15) is 5.01 Å². The molecule has 18 heavy (non-hydrogen) atoms. The molecule has 1 aliphatic heterocycles. The number of hydrogen-bond donors (Lipinski definition) is 1. The Morgan fingerprint density at radius 1 is 1.33 bits per heavy atom. The Balaban J connectivity index is 1.86. The van der Waals surface area contributed by atoms with Crippen LogP contribution < -0.4 is 5.32 Å². The molecule has 2 unspecified atom stereocenters. The van der Waals surface area contributed by atoms with E-state index in [0.717, 1.165) is 42.7 Å². The highest BCUT2D eigenvalue weighted by Gasteiger charge is 2.23. The zero-order valence-electron chi connectivity index (χ0n) is 11.3. The van der Waals surface area contributed by atoms with Crippen molar-refractivity contribution >= 4 is 16.5 Å². The number of nitrogens with one attached hydrogen (secondary N) is 1. The monoisotopic (exact) mass is 270 g/mol. The fourth-order valence-electron chi connectivity index (χ4n) is 2.23. The summed E-state index contributed by atoms with van der Waals surface area (Å²) in [5, 5.41) is 13.7. The van der Waals surface area contributed by atoms with Crippen molar-refractivity contribution in [2.45, 2.75) is 45.9 Å². The number of hydrogen-bond acceptors (Lipinski definition) is 6. The quantitative estimate of drug-likeness (QED) is 0.886. The highest BCUT2D eigenvalue weighted by molar-refractivity contribution is 7.15. The molecule has 1 aliphatic rings. The van der Waals surface area contributed by atoms with Crippen LogP contribution in [0.3, 0.4) is 0 Å². The third kappa shape index (κ3) is 3.90. The SMILES string of the molecule is CCCNc1nnc(CN2CC(C)OC(C)C2)s1. The predicted molar refractivity (Wildman–Crippen MR) is 74.0 cm³/mol. The molecule has 1 saturated heterocycles. The number of morpholine rings is 1. The lowest BCUT2D eigenvalue weighted by Crippen LogP contribution is -2.44. The molecular weight excluding hydrogens is 248 g/mol. The average Bonchev–Trinajstić information content (AvgIpc) is 2.72. The van der Waals surface area contributed by atoms with E-state index in [1.54, 1.807) is 11.3 Å². The Labute approximate surface area is 113 Å². The number of anilines is 1. The van der Waals surface area contributed by atoms with Gasteiger partial charge in [0, 0.05) is 19.6 Å². The van der Waals surface area contributed by atoms with Crippen LogP contribution in [-0.4, -0.2) is 46.9 Å². The van der Waals surface area contributed by atoms with E-state index in [4.69, 9.17) is 4.74 Å². The van der Waals surface area contributed by atoms with Crippen molar-refractivity contribution < 1.29 is 4.74 Å². The van der Waals surface area contributed by atoms with Crippen LogP contribution in [0.5, 0.6) is 0 Å². The lowest BCUT2D eigenvalue weighted by Gasteiger charge is -2.34. The summed E-state index contributed by atoms with van der Waals surface area (Å²) in [5.74, 6) is 0. The van der Waals surface area contributed by atoms with E-state index >= 15 is 0 Å². The van der Waals surface area contributed by atoms with Gasteiger partial charge in [0.15, 0.2) is 0 Å². The average molecular weight is 270 g/mol. The second-order valence-corrected chi connectivity index (χ2v) is 5.94. The third-order valence-corrected chi connectivity index (χ3v) is 3.71. The van der Waals surface area contributed by atoms with Crippen LogP contribution in [0, 0.1) is 0 Å². The van der Waals surface area contributed by atoms with Gasteiger partial charge in [-0.05, 0) is 20.3 Å². The molecule has 1 N–H and O–H groups in total. The van der Waals surface area contributed by atoms with Gasteiger partial charge in [0.2, 0.25) is 5.13 Å². The molecule has 1 aromatic rings. The van der Waals surface area contributed by atoms with E-state index < -0.39 is 0 Å². The number of nitrogens with zero attached hydrogens (tertiary/aromatic N) is 3. The van der Waals surface area contributed by atoms with E-state index in [0.29, 0.717) is 12.2 Å². The van der Waals surface area contributed by atoms with E-state index in [2.05, 4.69) is 41.2 Å². The maximum atomic E-state index is 5.73. The van der Waals surface area contributed by atoms with Gasteiger partial charge in [-0.15, -0.1) is 10.2 Å². The number of ether oxygens (including phenoxy) is 1. The Bertz CT molecular complexity index is 361. The standard InChI is InChI=1S/C12H22N4OS/c1-4-5-13-12-15-14-11(18-12)8-16-6-9(2)17-10(3)7-16/h9-10H,4-8H2,1-3H3,(H,13,15). The molecule has 1 fully saturated rings. The summed E-state index contributed by atoms with van der Waals surface area (Å²) in [5.41, 5.74) is 0. The summed E-state index contributed by atoms with van der Waals surface area (Å²) < 4.78 is 5.73. The molecule has 5 nitrogen and oxygen atoms in total. The van der Waals surface area contributed by atoms with Gasteiger partial charge >= 0.3 is 0 Å². The molecular formula is C12H22N4OS. The summed E-state index contributed by atoms with van der Waals surface area (Å²) in [7, 11) is 0. The normalized spacial score (nSPS) is 25.3. The van der Waals surface area contributed by atoms with Gasteiger partial charge in [0.05, 0.1) is 18.8 Å². The van der Waals surface area contributed by atoms with Gasteiger partial charge < -0.3 is 10.1 Å². The fourth-order valence-corrected chi connectivity index (χ4v) is 3.03. The fraction of sp³-hybridized carbons (Fsp3) is 0.833. The summed E-state index contributed by atoms with van der Waals surface area (Å²) in [6.45, 7) is 10.2. The van der Waals surface area contributed by atoms with Crippen LogP contribution in [0.25, 0.3) is 0 Å². The first-order valence-electron chi connectivity index (χ1n) is 6.61. The molecule has 2 atom stereocenters. The largest absolute Gasteiger partial charge is 0.373 e. The third-order valence-electron chi connectivity index (χ3n) is 2.85. The molecule has 0 amide bonds. The molecule has 0 bridgehead atoms. The molecule has 2 heterocycles. The molecule has 0 aromatic carbocycles. The van der Waals surface area contributed by atoms with Crippen LogP contribution in [0.1, 0.15) is 32.2 Å². The van der Waals surface area contributed by atoms with Crippen molar-refractivity contribution in [1.29, 1.82) is 0 Å². The highest BCUT2D eigenvalue weighted by atomic mass is 32.1. The summed E-state index contributed by atoms with van der Waals surface area (Å²) in [6.07, 6.45) is 1.71. The second-order valence-electron chi connectivity index (χ2n) is 4.88. The minimum atomic E-state index is 0.305. The van der Waals surface area contributed by atoms with Crippen LogP contribution in [0.4, 0.5) is 5.13 Å². The summed E-state index contributed by atoms with van der Waals surface area (Å²) >= 11 is 1.65. The van der Waals surface area contributed by atoms with Crippen molar-refractivity contribution in [1.82, 2.24) is 15.1 Å². The Morgan fingerprint density at radius 2 is 2.06 bits per heavy atom. The van der Waals surface area contributed by atoms with Gasteiger partial charge in [0.25, 0.3) is 0 Å². The highest BCUT2D eigenvalue weighted by Crippen LogP contribution is 2.19. The molecule has 2 rings (SSSR count). The predicted octanol–water partition coefficient (Wildman–Crippen LogP) is 1.97. The van der Waals surface area contributed by atoms with Crippen molar-refractivity contribution in [2.24, 2.45) is 0 Å². The molecule has 0 spiro atoms. The van der Waals surface area contributed by atoms with Crippen molar-refractivity contribution in [3.8, 4) is 0 Å². The zero-order valence-corrected chi connectivity index (χ0v) is 12.2. The number of rotatable bonds is 5. The lowest BCUT2D eigenvalue weighted by atomic mass is 10.2. The van der Waals surface area contributed by atoms with Crippen LogP contribution in [0.15, 0.2) is 0 Å². The molecule has 0 radical (unpaired) electrons. The topological polar surface area (TPSA) is 50.3 Å². The first-order chi connectivity index (χ1) is 8.67. The maximum absolute atomic E-state index is 5.73. The lowest BCUT2D eigenvalue weighted by molar-refractivity contribution is -0.0705. The Morgan fingerprint density at radius 3 is 2.72 bits per heavy atom. The van der Waals surface area contributed by atoms with Crippen LogP contribution in [0.2, 0.25) is 0 Å². The van der Waals surface area contributed by atoms with Crippen molar-refractivity contribution in [2.75, 3.05) is 25.0 Å². The minimum Gasteiger partial charge on any atom is -0.373 e. The molecule has 102 valence electrons. The Kier molecular flexibility index (Phi) is 4.91. The maximum Gasteiger partial charge on any atom is 0.205 e.